The number of amides is 1. The Labute approximate surface area is 200 Å². The van der Waals surface area contributed by atoms with Crippen LogP contribution in [0.1, 0.15) is 30.0 Å². The van der Waals surface area contributed by atoms with E-state index in [0.29, 0.717) is 37.7 Å². The van der Waals surface area contributed by atoms with E-state index in [1.54, 1.807) is 18.2 Å². The van der Waals surface area contributed by atoms with E-state index < -0.39 is 10.0 Å². The zero-order chi connectivity index (χ0) is 23.5. The minimum atomic E-state index is -3.68. The van der Waals surface area contributed by atoms with E-state index in [1.165, 1.54) is 0 Å². The molecule has 0 bridgehead atoms. The highest BCUT2D eigenvalue weighted by molar-refractivity contribution is 7.90. The molecule has 0 spiro atoms. The first-order chi connectivity index (χ1) is 16.5. The van der Waals surface area contributed by atoms with Crippen LogP contribution < -0.4 is 5.32 Å². The zero-order valence-corrected chi connectivity index (χ0v) is 19.9. The maximum Gasteiger partial charge on any atom is 0.285 e. The summed E-state index contributed by atoms with van der Waals surface area (Å²) < 4.78 is 34.5. The molecule has 3 aliphatic rings. The van der Waals surface area contributed by atoms with Gasteiger partial charge in [-0.3, -0.25) is 9.69 Å². The quantitative estimate of drug-likeness (QED) is 0.701. The average molecular weight is 483 g/mol. The summed E-state index contributed by atoms with van der Waals surface area (Å²) in [5.74, 6) is 0.227. The van der Waals surface area contributed by atoms with Crippen molar-refractivity contribution in [2.24, 2.45) is 10.3 Å². The van der Waals surface area contributed by atoms with Gasteiger partial charge in [0.15, 0.2) is 5.84 Å². The molecular weight excluding hydrogens is 452 g/mol. The topological polar surface area (TPSA) is 91.3 Å². The van der Waals surface area contributed by atoms with Crippen LogP contribution in [0.25, 0.3) is 0 Å². The van der Waals surface area contributed by atoms with Crippen molar-refractivity contribution in [2.75, 3.05) is 45.9 Å². The van der Waals surface area contributed by atoms with Crippen LogP contribution in [0.2, 0.25) is 0 Å². The van der Waals surface area contributed by atoms with Gasteiger partial charge >= 0.3 is 0 Å². The Balaban J connectivity index is 1.31. The molecule has 8 nitrogen and oxygen atoms in total. The number of hydrogen-bond acceptors (Lipinski definition) is 6. The molecule has 2 atom stereocenters. The fourth-order valence-corrected chi connectivity index (χ4v) is 6.18. The highest BCUT2D eigenvalue weighted by Gasteiger charge is 2.35. The minimum Gasteiger partial charge on any atom is -0.379 e. The zero-order valence-electron chi connectivity index (χ0n) is 19.1. The van der Waals surface area contributed by atoms with Crippen molar-refractivity contribution >= 4 is 21.8 Å². The highest BCUT2D eigenvalue weighted by atomic mass is 32.2. The second kappa shape index (κ2) is 9.85. The molecule has 3 heterocycles. The number of hydrogen-bond donors (Lipinski definition) is 1. The number of benzene rings is 2. The van der Waals surface area contributed by atoms with Gasteiger partial charge in [-0.15, -0.1) is 4.40 Å². The Hall–Kier alpha value is -2.75. The van der Waals surface area contributed by atoms with Crippen molar-refractivity contribution in [3.05, 3.63) is 65.7 Å². The Morgan fingerprint density at radius 1 is 1.06 bits per heavy atom. The van der Waals surface area contributed by atoms with Gasteiger partial charge in [-0.25, -0.2) is 0 Å². The number of carbonyl (C=O) groups is 1. The van der Waals surface area contributed by atoms with E-state index in [4.69, 9.17) is 4.74 Å². The van der Waals surface area contributed by atoms with Gasteiger partial charge in [0, 0.05) is 38.3 Å². The van der Waals surface area contributed by atoms with Gasteiger partial charge in [0.05, 0.1) is 25.2 Å². The molecule has 180 valence electrons. The standard InChI is InChI=1S/C25H30N4O4S/c30-25(26-22(19-7-2-1-3-8-19)18-28-13-15-33-16-14-28)20-9-6-12-29(17-20)24-21-10-4-5-11-23(21)34(31,32)27-24/h1-5,7-8,10-11,20,22H,6,9,12-18H2,(H,26,30)/t20-,22-/m0/s1. The number of nitrogens with zero attached hydrogens (tertiary/aromatic N) is 3. The van der Waals surface area contributed by atoms with Gasteiger partial charge in [-0.05, 0) is 30.5 Å². The number of fused-ring (bicyclic) bond motifs is 1. The average Bonchev–Trinajstić information content (AvgIpc) is 3.16. The lowest BCUT2D eigenvalue weighted by atomic mass is 9.95. The fourth-order valence-electron chi connectivity index (χ4n) is 4.95. The number of morpholine rings is 1. The second-order valence-corrected chi connectivity index (χ2v) is 10.6. The van der Waals surface area contributed by atoms with Crippen molar-refractivity contribution in [2.45, 2.75) is 23.8 Å². The summed E-state index contributed by atoms with van der Waals surface area (Å²) in [7, 11) is -3.68. The van der Waals surface area contributed by atoms with Crippen LogP contribution in [-0.2, 0) is 19.6 Å². The summed E-state index contributed by atoms with van der Waals surface area (Å²) >= 11 is 0. The van der Waals surface area contributed by atoms with Gasteiger partial charge in [-0.2, -0.15) is 8.42 Å². The number of ether oxygens (including phenoxy) is 1. The normalized spacial score (nSPS) is 23.1. The van der Waals surface area contributed by atoms with E-state index >= 15 is 0 Å². The molecule has 1 amide bonds. The van der Waals surface area contributed by atoms with Gasteiger partial charge in [0.2, 0.25) is 5.91 Å². The molecule has 2 saturated heterocycles. The van der Waals surface area contributed by atoms with Crippen LogP contribution in [0.5, 0.6) is 0 Å². The molecule has 2 aromatic rings. The molecule has 0 aliphatic carbocycles. The van der Waals surface area contributed by atoms with Gasteiger partial charge in [-0.1, -0.05) is 42.5 Å². The third kappa shape index (κ3) is 4.87. The number of piperidine rings is 1. The fraction of sp³-hybridized carbons (Fsp3) is 0.440. The number of nitrogens with one attached hydrogen (secondary N) is 1. The van der Waals surface area contributed by atoms with Gasteiger partial charge < -0.3 is 15.0 Å². The minimum absolute atomic E-state index is 0.00144. The first-order valence-electron chi connectivity index (χ1n) is 11.9. The van der Waals surface area contributed by atoms with E-state index in [9.17, 15) is 13.2 Å². The molecular formula is C25H30N4O4S. The Kier molecular flexibility index (Phi) is 6.67. The summed E-state index contributed by atoms with van der Waals surface area (Å²) in [6, 6.07) is 16.8. The first-order valence-corrected chi connectivity index (χ1v) is 13.3. The lowest BCUT2D eigenvalue weighted by Gasteiger charge is -2.35. The molecule has 2 fully saturated rings. The maximum absolute atomic E-state index is 13.4. The van der Waals surface area contributed by atoms with Gasteiger partial charge in [0.25, 0.3) is 10.0 Å². The van der Waals surface area contributed by atoms with Crippen LogP contribution in [0.3, 0.4) is 0 Å². The molecule has 0 radical (unpaired) electrons. The van der Waals surface area contributed by atoms with Crippen LogP contribution in [0.4, 0.5) is 0 Å². The van der Waals surface area contributed by atoms with Crippen LogP contribution >= 0.6 is 0 Å². The molecule has 2 aromatic carbocycles. The van der Waals surface area contributed by atoms with Crippen molar-refractivity contribution < 1.29 is 17.9 Å². The highest BCUT2D eigenvalue weighted by Crippen LogP contribution is 2.30. The number of amidine groups is 1. The molecule has 3 aliphatic heterocycles. The predicted molar refractivity (Wildman–Crippen MR) is 129 cm³/mol. The monoisotopic (exact) mass is 482 g/mol. The Morgan fingerprint density at radius 3 is 2.59 bits per heavy atom. The van der Waals surface area contributed by atoms with Crippen LogP contribution in [0.15, 0.2) is 63.9 Å². The number of rotatable bonds is 5. The lowest BCUT2D eigenvalue weighted by molar-refractivity contribution is -0.127. The Bertz CT molecular complexity index is 1160. The summed E-state index contributed by atoms with van der Waals surface area (Å²) in [6.45, 7) is 4.98. The first kappa shape index (κ1) is 23.0. The molecule has 34 heavy (non-hydrogen) atoms. The smallest absolute Gasteiger partial charge is 0.285 e. The van der Waals surface area contributed by atoms with Crippen molar-refractivity contribution in [3.8, 4) is 0 Å². The molecule has 0 saturated carbocycles. The largest absolute Gasteiger partial charge is 0.379 e. The molecule has 0 unspecified atom stereocenters. The number of likely N-dealkylation sites (tertiary alicyclic amines) is 1. The predicted octanol–water partition coefficient (Wildman–Crippen LogP) is 2.04. The third-order valence-corrected chi connectivity index (χ3v) is 8.09. The van der Waals surface area contributed by atoms with Crippen molar-refractivity contribution in [1.29, 1.82) is 0 Å². The van der Waals surface area contributed by atoms with E-state index in [0.717, 1.165) is 38.0 Å². The number of sulfonamides is 1. The summed E-state index contributed by atoms with van der Waals surface area (Å²) in [4.78, 5) is 17.9. The molecule has 9 heteroatoms. The van der Waals surface area contributed by atoms with E-state index in [2.05, 4.69) is 14.6 Å². The van der Waals surface area contributed by atoms with E-state index in [1.807, 2.05) is 41.3 Å². The molecule has 5 rings (SSSR count). The molecule has 0 aromatic heterocycles. The SMILES string of the molecule is O=C(N[C@@H](CN1CCOCC1)c1ccccc1)[C@H]1CCCN(C2=NS(=O)(=O)c3ccccc32)C1. The number of carbonyl (C=O) groups excluding carboxylic acids is 1. The third-order valence-electron chi connectivity index (χ3n) is 6.77. The summed E-state index contributed by atoms with van der Waals surface area (Å²) in [5.41, 5.74) is 1.70. The van der Waals surface area contributed by atoms with Crippen molar-refractivity contribution in [3.63, 3.8) is 0 Å². The summed E-state index contributed by atoms with van der Waals surface area (Å²) in [6.07, 6.45) is 1.57. The maximum atomic E-state index is 13.4. The van der Waals surface area contributed by atoms with Gasteiger partial charge in [0.1, 0.15) is 4.90 Å². The van der Waals surface area contributed by atoms with Crippen LogP contribution in [0, 0.1) is 5.92 Å². The Morgan fingerprint density at radius 2 is 1.79 bits per heavy atom. The molecule has 1 N–H and O–H groups in total. The lowest BCUT2D eigenvalue weighted by Crippen LogP contribution is -2.48. The van der Waals surface area contributed by atoms with E-state index in [-0.39, 0.29) is 22.8 Å². The van der Waals surface area contributed by atoms with Crippen LogP contribution in [-0.4, -0.2) is 75.9 Å². The second-order valence-electron chi connectivity index (χ2n) is 9.06. The van der Waals surface area contributed by atoms with Crippen molar-refractivity contribution in [1.82, 2.24) is 15.1 Å². The summed E-state index contributed by atoms with van der Waals surface area (Å²) in [5, 5.41) is 3.29.